The molecule has 1 fully saturated rings. The molecule has 0 radical (unpaired) electrons. The third-order valence-electron chi connectivity index (χ3n) is 3.52. The molecule has 19 heavy (non-hydrogen) atoms. The molecule has 1 aromatic carbocycles. The summed E-state index contributed by atoms with van der Waals surface area (Å²) in [6.07, 6.45) is 6.95. The van der Waals surface area contributed by atoms with Crippen LogP contribution >= 0.6 is 0 Å². The van der Waals surface area contributed by atoms with Crippen molar-refractivity contribution in [1.82, 2.24) is 5.32 Å². The van der Waals surface area contributed by atoms with Gasteiger partial charge in [-0.1, -0.05) is 30.4 Å². The summed E-state index contributed by atoms with van der Waals surface area (Å²) in [5.74, 6) is 0.908. The molecular formula is C16H23NO2. The van der Waals surface area contributed by atoms with Gasteiger partial charge < -0.3 is 14.8 Å². The fourth-order valence-corrected chi connectivity index (χ4v) is 2.37. The van der Waals surface area contributed by atoms with E-state index in [-0.39, 0.29) is 0 Å². The minimum atomic E-state index is 0.375. The summed E-state index contributed by atoms with van der Waals surface area (Å²) in [4.78, 5) is 0. The normalized spacial score (nSPS) is 20.8. The number of hydrogen-bond donors (Lipinski definition) is 1. The summed E-state index contributed by atoms with van der Waals surface area (Å²) >= 11 is 0. The molecule has 1 aromatic rings. The molecule has 104 valence electrons. The van der Waals surface area contributed by atoms with Gasteiger partial charge in [0.05, 0.1) is 13.2 Å². The van der Waals surface area contributed by atoms with Crippen LogP contribution in [0.3, 0.4) is 0 Å². The zero-order chi connectivity index (χ0) is 13.5. The van der Waals surface area contributed by atoms with Crippen molar-refractivity contribution in [3.05, 3.63) is 35.9 Å². The minimum absolute atomic E-state index is 0.375. The van der Waals surface area contributed by atoms with Crippen molar-refractivity contribution in [2.24, 2.45) is 0 Å². The van der Waals surface area contributed by atoms with Gasteiger partial charge in [0.25, 0.3) is 0 Å². The number of para-hydroxylation sites is 1. The molecular weight excluding hydrogens is 238 g/mol. The standard InChI is InChI=1S/C16H23NO2/c1-13(15-10-6-12-19-15)17-11-5-8-14-7-3-4-9-16(14)18-2/h3-5,7-9,13,15,17H,6,10-12H2,1-2H3/b8-5-/t13-,15-/m1/s1. The van der Waals surface area contributed by atoms with E-state index >= 15 is 0 Å². The summed E-state index contributed by atoms with van der Waals surface area (Å²) in [5, 5.41) is 3.48. The van der Waals surface area contributed by atoms with E-state index in [4.69, 9.17) is 9.47 Å². The first kappa shape index (κ1) is 14.1. The maximum Gasteiger partial charge on any atom is 0.126 e. The summed E-state index contributed by atoms with van der Waals surface area (Å²) < 4.78 is 11.0. The highest BCUT2D eigenvalue weighted by atomic mass is 16.5. The van der Waals surface area contributed by atoms with Crippen LogP contribution in [-0.2, 0) is 4.74 Å². The number of ether oxygens (including phenoxy) is 2. The van der Waals surface area contributed by atoms with Gasteiger partial charge in [0, 0.05) is 24.8 Å². The van der Waals surface area contributed by atoms with E-state index in [0.717, 1.165) is 24.5 Å². The third-order valence-corrected chi connectivity index (χ3v) is 3.52. The molecule has 1 N–H and O–H groups in total. The first-order valence-corrected chi connectivity index (χ1v) is 6.96. The molecule has 0 aromatic heterocycles. The minimum Gasteiger partial charge on any atom is -0.496 e. The van der Waals surface area contributed by atoms with Crippen molar-refractivity contribution >= 4 is 6.08 Å². The summed E-state index contributed by atoms with van der Waals surface area (Å²) in [6, 6.07) is 8.43. The first-order valence-electron chi connectivity index (χ1n) is 6.96. The quantitative estimate of drug-likeness (QED) is 0.854. The molecule has 2 rings (SSSR count). The van der Waals surface area contributed by atoms with Crippen LogP contribution in [0.25, 0.3) is 6.08 Å². The van der Waals surface area contributed by atoms with Gasteiger partial charge in [0.15, 0.2) is 0 Å². The van der Waals surface area contributed by atoms with Crippen LogP contribution < -0.4 is 10.1 Å². The van der Waals surface area contributed by atoms with Crippen LogP contribution in [0, 0.1) is 0 Å². The average molecular weight is 261 g/mol. The van der Waals surface area contributed by atoms with Crippen molar-refractivity contribution in [2.75, 3.05) is 20.3 Å². The van der Waals surface area contributed by atoms with E-state index in [2.05, 4.69) is 30.5 Å². The Balaban J connectivity index is 1.79. The Labute approximate surface area is 115 Å². The molecule has 1 aliphatic heterocycles. The topological polar surface area (TPSA) is 30.5 Å². The van der Waals surface area contributed by atoms with Gasteiger partial charge in [-0.3, -0.25) is 0 Å². The SMILES string of the molecule is COc1ccccc1/C=C\CN[C@H](C)[C@H]1CCCO1. The highest BCUT2D eigenvalue weighted by molar-refractivity contribution is 5.57. The van der Waals surface area contributed by atoms with Crippen molar-refractivity contribution in [3.63, 3.8) is 0 Å². The monoisotopic (exact) mass is 261 g/mol. The summed E-state index contributed by atoms with van der Waals surface area (Å²) in [5.41, 5.74) is 1.11. The van der Waals surface area contributed by atoms with E-state index in [1.807, 2.05) is 18.2 Å². The molecule has 1 heterocycles. The van der Waals surface area contributed by atoms with Crippen molar-refractivity contribution in [1.29, 1.82) is 0 Å². The number of benzene rings is 1. The molecule has 0 saturated carbocycles. The largest absolute Gasteiger partial charge is 0.496 e. The van der Waals surface area contributed by atoms with Crippen molar-refractivity contribution in [2.45, 2.75) is 31.9 Å². The molecule has 0 aliphatic carbocycles. The number of methoxy groups -OCH3 is 1. The van der Waals surface area contributed by atoms with E-state index in [0.29, 0.717) is 12.1 Å². The molecule has 2 atom stereocenters. The van der Waals surface area contributed by atoms with Crippen LogP contribution in [0.1, 0.15) is 25.3 Å². The second-order valence-corrected chi connectivity index (χ2v) is 4.89. The van der Waals surface area contributed by atoms with Crippen molar-refractivity contribution < 1.29 is 9.47 Å². The van der Waals surface area contributed by atoms with Gasteiger partial charge in [-0.25, -0.2) is 0 Å². The number of nitrogens with one attached hydrogen (secondary N) is 1. The van der Waals surface area contributed by atoms with Gasteiger partial charge in [-0.15, -0.1) is 0 Å². The zero-order valence-electron chi connectivity index (χ0n) is 11.8. The molecule has 3 nitrogen and oxygen atoms in total. The summed E-state index contributed by atoms with van der Waals surface area (Å²) in [7, 11) is 1.70. The Kier molecular flexibility index (Phi) is 5.43. The molecule has 1 aliphatic rings. The molecule has 3 heteroatoms. The van der Waals surface area contributed by atoms with Crippen LogP contribution in [0.5, 0.6) is 5.75 Å². The van der Waals surface area contributed by atoms with Gasteiger partial charge in [0.1, 0.15) is 5.75 Å². The lowest BCUT2D eigenvalue weighted by atomic mass is 10.1. The Hall–Kier alpha value is -1.32. The lowest BCUT2D eigenvalue weighted by Crippen LogP contribution is -2.36. The van der Waals surface area contributed by atoms with Crippen LogP contribution in [0.4, 0.5) is 0 Å². The predicted octanol–water partition coefficient (Wildman–Crippen LogP) is 2.87. The van der Waals surface area contributed by atoms with Crippen LogP contribution in [-0.4, -0.2) is 32.4 Å². The molecule has 0 unspecified atom stereocenters. The van der Waals surface area contributed by atoms with Crippen molar-refractivity contribution in [3.8, 4) is 5.75 Å². The number of hydrogen-bond acceptors (Lipinski definition) is 3. The lowest BCUT2D eigenvalue weighted by Gasteiger charge is -2.18. The Morgan fingerprint density at radius 1 is 1.47 bits per heavy atom. The Bertz CT molecular complexity index is 411. The lowest BCUT2D eigenvalue weighted by molar-refractivity contribution is 0.0849. The van der Waals surface area contributed by atoms with E-state index < -0.39 is 0 Å². The molecule has 0 spiro atoms. The number of rotatable bonds is 6. The maximum absolute atomic E-state index is 5.66. The van der Waals surface area contributed by atoms with E-state index in [1.165, 1.54) is 12.8 Å². The highest BCUT2D eigenvalue weighted by Crippen LogP contribution is 2.18. The fraction of sp³-hybridized carbons (Fsp3) is 0.500. The Morgan fingerprint density at radius 3 is 3.05 bits per heavy atom. The molecule has 0 bridgehead atoms. The van der Waals surface area contributed by atoms with Gasteiger partial charge >= 0.3 is 0 Å². The van der Waals surface area contributed by atoms with Gasteiger partial charge in [0.2, 0.25) is 0 Å². The van der Waals surface area contributed by atoms with Gasteiger partial charge in [-0.05, 0) is 25.8 Å². The zero-order valence-corrected chi connectivity index (χ0v) is 11.8. The van der Waals surface area contributed by atoms with Crippen LogP contribution in [0.2, 0.25) is 0 Å². The molecule has 1 saturated heterocycles. The fourth-order valence-electron chi connectivity index (χ4n) is 2.37. The van der Waals surface area contributed by atoms with E-state index in [1.54, 1.807) is 7.11 Å². The van der Waals surface area contributed by atoms with E-state index in [9.17, 15) is 0 Å². The van der Waals surface area contributed by atoms with Gasteiger partial charge in [-0.2, -0.15) is 0 Å². The second kappa shape index (κ2) is 7.31. The Morgan fingerprint density at radius 2 is 2.32 bits per heavy atom. The highest BCUT2D eigenvalue weighted by Gasteiger charge is 2.21. The molecule has 0 amide bonds. The maximum atomic E-state index is 5.66. The van der Waals surface area contributed by atoms with Crippen LogP contribution in [0.15, 0.2) is 30.3 Å². The third kappa shape index (κ3) is 4.08. The first-order chi connectivity index (χ1) is 9.31. The summed E-state index contributed by atoms with van der Waals surface area (Å²) in [6.45, 7) is 3.94. The predicted molar refractivity (Wildman–Crippen MR) is 78.5 cm³/mol. The average Bonchev–Trinajstić information content (AvgIpc) is 2.98. The second-order valence-electron chi connectivity index (χ2n) is 4.89. The smallest absolute Gasteiger partial charge is 0.126 e.